The normalized spacial score (nSPS) is 17.4. The molecule has 1 aliphatic rings. The Bertz CT molecular complexity index is 366. The van der Waals surface area contributed by atoms with E-state index in [4.69, 9.17) is 5.26 Å². The molecule has 14 heavy (non-hydrogen) atoms. The predicted molar refractivity (Wildman–Crippen MR) is 50.9 cm³/mol. The highest BCUT2D eigenvalue weighted by Gasteiger charge is 2.25. The van der Waals surface area contributed by atoms with Gasteiger partial charge in [-0.05, 0) is 30.5 Å². The van der Waals surface area contributed by atoms with Crippen LogP contribution in [0, 0.1) is 17.1 Å². The van der Waals surface area contributed by atoms with Gasteiger partial charge in [0.1, 0.15) is 11.9 Å². The second-order valence-electron chi connectivity index (χ2n) is 3.56. The molecule has 0 aromatic heterocycles. The van der Waals surface area contributed by atoms with Gasteiger partial charge in [0.05, 0.1) is 6.07 Å². The molecule has 1 fully saturated rings. The SMILES string of the molecule is N#CC(NC1CC1)c1cccc(F)c1. The molecule has 0 saturated heterocycles. The zero-order valence-corrected chi connectivity index (χ0v) is 7.70. The fraction of sp³-hybridized carbons (Fsp3) is 0.364. The molecule has 2 rings (SSSR count). The van der Waals surface area contributed by atoms with Gasteiger partial charge in [-0.25, -0.2) is 4.39 Å². The van der Waals surface area contributed by atoms with Gasteiger partial charge >= 0.3 is 0 Å². The maximum absolute atomic E-state index is 12.9. The number of hydrogen-bond acceptors (Lipinski definition) is 2. The highest BCUT2D eigenvalue weighted by Crippen LogP contribution is 2.24. The summed E-state index contributed by atoms with van der Waals surface area (Å²) in [6, 6.07) is 8.40. The summed E-state index contributed by atoms with van der Waals surface area (Å²) in [4.78, 5) is 0. The number of rotatable bonds is 3. The minimum Gasteiger partial charge on any atom is -0.295 e. The summed E-state index contributed by atoms with van der Waals surface area (Å²) in [6.07, 6.45) is 2.24. The van der Waals surface area contributed by atoms with Gasteiger partial charge < -0.3 is 0 Å². The number of benzene rings is 1. The van der Waals surface area contributed by atoms with Gasteiger partial charge in [0.25, 0.3) is 0 Å². The lowest BCUT2D eigenvalue weighted by Gasteiger charge is -2.10. The van der Waals surface area contributed by atoms with Crippen LogP contribution in [0.5, 0.6) is 0 Å². The van der Waals surface area contributed by atoms with Crippen molar-refractivity contribution in [3.63, 3.8) is 0 Å². The number of hydrogen-bond donors (Lipinski definition) is 1. The van der Waals surface area contributed by atoms with Crippen LogP contribution in [-0.2, 0) is 0 Å². The van der Waals surface area contributed by atoms with Crippen LogP contribution in [0.25, 0.3) is 0 Å². The molecule has 1 atom stereocenters. The van der Waals surface area contributed by atoms with Crippen molar-refractivity contribution in [1.82, 2.24) is 5.32 Å². The van der Waals surface area contributed by atoms with E-state index in [-0.39, 0.29) is 11.9 Å². The Hall–Kier alpha value is -1.40. The highest BCUT2D eigenvalue weighted by atomic mass is 19.1. The molecule has 2 nitrogen and oxygen atoms in total. The highest BCUT2D eigenvalue weighted by molar-refractivity contribution is 5.25. The van der Waals surface area contributed by atoms with Crippen molar-refractivity contribution < 1.29 is 4.39 Å². The van der Waals surface area contributed by atoms with E-state index in [0.29, 0.717) is 11.6 Å². The van der Waals surface area contributed by atoms with Gasteiger partial charge in [-0.1, -0.05) is 12.1 Å². The van der Waals surface area contributed by atoms with Crippen LogP contribution >= 0.6 is 0 Å². The Morgan fingerprint density at radius 3 is 2.86 bits per heavy atom. The predicted octanol–water partition coefficient (Wildman–Crippen LogP) is 2.14. The van der Waals surface area contributed by atoms with Crippen LogP contribution in [0.3, 0.4) is 0 Å². The molecule has 0 radical (unpaired) electrons. The van der Waals surface area contributed by atoms with E-state index in [9.17, 15) is 4.39 Å². The van der Waals surface area contributed by atoms with Crippen molar-refractivity contribution in [1.29, 1.82) is 5.26 Å². The summed E-state index contributed by atoms with van der Waals surface area (Å²) in [5, 5.41) is 12.1. The minimum absolute atomic E-state index is 0.291. The van der Waals surface area contributed by atoms with Crippen LogP contribution in [0.1, 0.15) is 24.4 Å². The van der Waals surface area contributed by atoms with Crippen LogP contribution in [0.15, 0.2) is 24.3 Å². The van der Waals surface area contributed by atoms with Crippen molar-refractivity contribution in [3.05, 3.63) is 35.6 Å². The minimum atomic E-state index is -0.377. The molecule has 1 aliphatic carbocycles. The van der Waals surface area contributed by atoms with Crippen molar-refractivity contribution in [2.75, 3.05) is 0 Å². The van der Waals surface area contributed by atoms with Gasteiger partial charge in [-0.2, -0.15) is 5.26 Å². The third kappa shape index (κ3) is 2.09. The summed E-state index contributed by atoms with van der Waals surface area (Å²) in [6.45, 7) is 0. The standard InChI is InChI=1S/C11H11FN2/c12-9-3-1-2-8(6-9)11(7-13)14-10-4-5-10/h1-3,6,10-11,14H,4-5H2. The molecule has 1 aromatic rings. The Morgan fingerprint density at radius 1 is 1.50 bits per heavy atom. The van der Waals surface area contributed by atoms with Crippen LogP contribution < -0.4 is 5.32 Å². The van der Waals surface area contributed by atoms with E-state index in [1.54, 1.807) is 12.1 Å². The van der Waals surface area contributed by atoms with E-state index in [2.05, 4.69) is 11.4 Å². The molecule has 1 N–H and O–H groups in total. The molecule has 1 aromatic carbocycles. The zero-order valence-electron chi connectivity index (χ0n) is 7.70. The number of nitriles is 1. The Balaban J connectivity index is 2.14. The van der Waals surface area contributed by atoms with Gasteiger partial charge in [0.15, 0.2) is 0 Å². The molecule has 0 heterocycles. The quantitative estimate of drug-likeness (QED) is 0.792. The van der Waals surface area contributed by atoms with Gasteiger partial charge in [-0.15, -0.1) is 0 Å². The van der Waals surface area contributed by atoms with Crippen LogP contribution in [0.4, 0.5) is 4.39 Å². The van der Waals surface area contributed by atoms with Crippen molar-refractivity contribution in [2.24, 2.45) is 0 Å². The Morgan fingerprint density at radius 2 is 2.29 bits per heavy atom. The maximum Gasteiger partial charge on any atom is 0.123 e. The third-order valence-corrected chi connectivity index (χ3v) is 2.29. The van der Waals surface area contributed by atoms with Crippen LogP contribution in [0.2, 0.25) is 0 Å². The van der Waals surface area contributed by atoms with Gasteiger partial charge in [0.2, 0.25) is 0 Å². The molecule has 0 aliphatic heterocycles. The Kier molecular flexibility index (Phi) is 2.47. The average molecular weight is 190 g/mol. The lowest BCUT2D eigenvalue weighted by atomic mass is 10.1. The first-order valence-electron chi connectivity index (χ1n) is 4.71. The topological polar surface area (TPSA) is 35.8 Å². The first kappa shape index (κ1) is 9.17. The zero-order chi connectivity index (χ0) is 9.97. The smallest absolute Gasteiger partial charge is 0.123 e. The fourth-order valence-electron chi connectivity index (χ4n) is 1.38. The van der Waals surface area contributed by atoms with E-state index < -0.39 is 0 Å². The lowest BCUT2D eigenvalue weighted by molar-refractivity contribution is 0.602. The molecule has 1 unspecified atom stereocenters. The van der Waals surface area contributed by atoms with E-state index in [0.717, 1.165) is 12.8 Å². The number of nitrogens with zero attached hydrogens (tertiary/aromatic N) is 1. The summed E-state index contributed by atoms with van der Waals surface area (Å²) >= 11 is 0. The van der Waals surface area contributed by atoms with Crippen LogP contribution in [-0.4, -0.2) is 6.04 Å². The molecular weight excluding hydrogens is 179 g/mol. The second kappa shape index (κ2) is 3.77. The summed E-state index contributed by atoms with van der Waals surface area (Å²) in [5.74, 6) is -0.291. The van der Waals surface area contributed by atoms with Crippen molar-refractivity contribution >= 4 is 0 Å². The first-order chi connectivity index (χ1) is 6.79. The molecule has 0 spiro atoms. The van der Waals surface area contributed by atoms with E-state index >= 15 is 0 Å². The largest absolute Gasteiger partial charge is 0.295 e. The van der Waals surface area contributed by atoms with Gasteiger partial charge in [-0.3, -0.25) is 5.32 Å². The summed E-state index contributed by atoms with van der Waals surface area (Å²) in [7, 11) is 0. The molecule has 0 amide bonds. The Labute approximate surface area is 82.4 Å². The van der Waals surface area contributed by atoms with E-state index in [1.165, 1.54) is 12.1 Å². The second-order valence-corrected chi connectivity index (χ2v) is 3.56. The molecular formula is C11H11FN2. The molecule has 72 valence electrons. The third-order valence-electron chi connectivity index (χ3n) is 2.29. The number of nitrogens with one attached hydrogen (secondary N) is 1. The van der Waals surface area contributed by atoms with E-state index in [1.807, 2.05) is 0 Å². The maximum atomic E-state index is 12.9. The molecule has 0 bridgehead atoms. The van der Waals surface area contributed by atoms with Gasteiger partial charge in [0, 0.05) is 6.04 Å². The van der Waals surface area contributed by atoms with Crippen molar-refractivity contribution in [2.45, 2.75) is 24.9 Å². The number of halogens is 1. The summed E-state index contributed by atoms with van der Waals surface area (Å²) in [5.41, 5.74) is 0.708. The van der Waals surface area contributed by atoms with Crippen molar-refractivity contribution in [3.8, 4) is 6.07 Å². The first-order valence-corrected chi connectivity index (χ1v) is 4.71. The fourth-order valence-corrected chi connectivity index (χ4v) is 1.38. The average Bonchev–Trinajstić information content (AvgIpc) is 2.98. The lowest BCUT2D eigenvalue weighted by Crippen LogP contribution is -2.21. The molecule has 3 heteroatoms. The molecule has 1 saturated carbocycles. The summed E-state index contributed by atoms with van der Waals surface area (Å²) < 4.78 is 12.9. The monoisotopic (exact) mass is 190 g/mol.